The third-order valence-electron chi connectivity index (χ3n) is 3.49. The zero-order valence-corrected chi connectivity index (χ0v) is 14.6. The maximum absolute atomic E-state index is 12.6. The van der Waals surface area contributed by atoms with Crippen LogP contribution >= 0.6 is 27.5 Å². The first kappa shape index (κ1) is 15.8. The smallest absolute Gasteiger partial charge is 0.259 e. The third kappa shape index (κ3) is 3.33. The predicted molar refractivity (Wildman–Crippen MR) is 97.6 cm³/mol. The fourth-order valence-corrected chi connectivity index (χ4v) is 2.77. The molecular weight excluding hydrogens is 378 g/mol. The monoisotopic (exact) mass is 389 g/mol. The average Bonchev–Trinajstić information content (AvgIpc) is 2.57. The maximum Gasteiger partial charge on any atom is 0.259 e. The Balaban J connectivity index is 1.97. The summed E-state index contributed by atoms with van der Waals surface area (Å²) in [5, 5.41) is 5.38. The molecule has 3 aromatic rings. The summed E-state index contributed by atoms with van der Waals surface area (Å²) in [6.45, 7) is 0. The minimum Gasteiger partial charge on any atom is -0.496 e. The van der Waals surface area contributed by atoms with Crippen molar-refractivity contribution in [2.24, 2.45) is 0 Å². The molecule has 116 valence electrons. The fourth-order valence-electron chi connectivity index (χ4n) is 2.34. The highest BCUT2D eigenvalue weighted by atomic mass is 79.9. The average molecular weight is 391 g/mol. The molecule has 0 saturated carbocycles. The lowest BCUT2D eigenvalue weighted by Crippen LogP contribution is -2.13. The predicted octanol–water partition coefficient (Wildman–Crippen LogP) is 5.52. The van der Waals surface area contributed by atoms with Gasteiger partial charge in [-0.05, 0) is 57.0 Å². The highest BCUT2D eigenvalue weighted by Gasteiger charge is 2.14. The Labute approximate surface area is 147 Å². The van der Waals surface area contributed by atoms with Crippen molar-refractivity contribution in [1.29, 1.82) is 0 Å². The number of benzene rings is 3. The lowest BCUT2D eigenvalue weighted by atomic mass is 10.1. The number of fused-ring (bicyclic) bond motifs is 1. The van der Waals surface area contributed by atoms with Gasteiger partial charge in [-0.25, -0.2) is 0 Å². The van der Waals surface area contributed by atoms with Crippen LogP contribution in [-0.2, 0) is 0 Å². The van der Waals surface area contributed by atoms with E-state index in [2.05, 4.69) is 21.2 Å². The zero-order valence-electron chi connectivity index (χ0n) is 12.3. The summed E-state index contributed by atoms with van der Waals surface area (Å²) in [5.41, 5.74) is 1.10. The summed E-state index contributed by atoms with van der Waals surface area (Å²) in [4.78, 5) is 12.6. The molecule has 1 amide bonds. The SMILES string of the molecule is COc1cc2ccccc2cc1C(=O)Nc1ccc(Br)c(Cl)c1. The number of hydrogen-bond acceptors (Lipinski definition) is 2. The molecule has 0 bridgehead atoms. The number of carbonyl (C=O) groups is 1. The molecule has 0 aliphatic rings. The number of carbonyl (C=O) groups excluding carboxylic acids is 1. The van der Waals surface area contributed by atoms with E-state index < -0.39 is 0 Å². The molecule has 0 unspecified atom stereocenters. The Hall–Kier alpha value is -2.04. The molecule has 0 heterocycles. The van der Waals surface area contributed by atoms with Crippen LogP contribution in [0, 0.1) is 0 Å². The molecule has 1 N–H and O–H groups in total. The number of ether oxygens (including phenoxy) is 1. The molecule has 3 aromatic carbocycles. The van der Waals surface area contributed by atoms with Crippen molar-refractivity contribution in [3.8, 4) is 5.75 Å². The maximum atomic E-state index is 12.6. The molecule has 0 radical (unpaired) electrons. The summed E-state index contributed by atoms with van der Waals surface area (Å²) in [6, 6.07) is 16.8. The van der Waals surface area contributed by atoms with Crippen LogP contribution in [0.3, 0.4) is 0 Å². The standard InChI is InChI=1S/C18H13BrClNO2/c1-23-17-9-12-5-3-2-4-11(12)8-14(17)18(22)21-13-6-7-15(19)16(20)10-13/h2-10H,1H3,(H,21,22). The van der Waals surface area contributed by atoms with Gasteiger partial charge in [0.15, 0.2) is 0 Å². The van der Waals surface area contributed by atoms with E-state index in [0.717, 1.165) is 15.2 Å². The van der Waals surface area contributed by atoms with Crippen molar-refractivity contribution < 1.29 is 9.53 Å². The first-order valence-electron chi connectivity index (χ1n) is 6.91. The summed E-state index contributed by atoms with van der Waals surface area (Å²) < 4.78 is 6.14. The molecule has 3 nitrogen and oxygen atoms in total. The lowest BCUT2D eigenvalue weighted by Gasteiger charge is -2.11. The molecule has 0 saturated heterocycles. The Morgan fingerprint density at radius 2 is 1.78 bits per heavy atom. The van der Waals surface area contributed by atoms with Gasteiger partial charge in [0.05, 0.1) is 17.7 Å². The van der Waals surface area contributed by atoms with Crippen LogP contribution in [0.4, 0.5) is 5.69 Å². The zero-order chi connectivity index (χ0) is 16.4. The van der Waals surface area contributed by atoms with Crippen molar-refractivity contribution in [3.63, 3.8) is 0 Å². The van der Waals surface area contributed by atoms with Crippen LogP contribution in [0.1, 0.15) is 10.4 Å². The van der Waals surface area contributed by atoms with E-state index in [0.29, 0.717) is 22.0 Å². The van der Waals surface area contributed by atoms with Gasteiger partial charge >= 0.3 is 0 Å². The topological polar surface area (TPSA) is 38.3 Å². The third-order valence-corrected chi connectivity index (χ3v) is 4.72. The summed E-state index contributed by atoms with van der Waals surface area (Å²) in [6.07, 6.45) is 0. The van der Waals surface area contributed by atoms with Gasteiger partial charge in [-0.3, -0.25) is 4.79 Å². The Morgan fingerprint density at radius 3 is 2.43 bits per heavy atom. The normalized spacial score (nSPS) is 10.6. The number of rotatable bonds is 3. The molecule has 23 heavy (non-hydrogen) atoms. The molecule has 0 aliphatic heterocycles. The Morgan fingerprint density at radius 1 is 1.09 bits per heavy atom. The van der Waals surface area contributed by atoms with E-state index in [-0.39, 0.29) is 5.91 Å². The van der Waals surface area contributed by atoms with Crippen LogP contribution in [0.15, 0.2) is 59.1 Å². The molecule has 5 heteroatoms. The Kier molecular flexibility index (Phi) is 4.55. The molecule has 0 aliphatic carbocycles. The van der Waals surface area contributed by atoms with Gasteiger partial charge in [-0.15, -0.1) is 0 Å². The van der Waals surface area contributed by atoms with Gasteiger partial charge in [0.1, 0.15) is 5.75 Å². The van der Waals surface area contributed by atoms with Gasteiger partial charge < -0.3 is 10.1 Å². The molecule has 0 fully saturated rings. The number of methoxy groups -OCH3 is 1. The minimum atomic E-state index is -0.244. The highest BCUT2D eigenvalue weighted by Crippen LogP contribution is 2.28. The van der Waals surface area contributed by atoms with Gasteiger partial charge in [0.2, 0.25) is 0 Å². The number of halogens is 2. The lowest BCUT2D eigenvalue weighted by molar-refractivity contribution is 0.102. The van der Waals surface area contributed by atoms with Gasteiger partial charge in [0, 0.05) is 10.2 Å². The second-order valence-electron chi connectivity index (χ2n) is 4.98. The van der Waals surface area contributed by atoms with Crippen LogP contribution in [0.5, 0.6) is 5.75 Å². The first-order chi connectivity index (χ1) is 11.1. The second kappa shape index (κ2) is 6.60. The largest absolute Gasteiger partial charge is 0.496 e. The van der Waals surface area contributed by atoms with E-state index in [1.54, 1.807) is 25.3 Å². The van der Waals surface area contributed by atoms with Crippen molar-refractivity contribution in [3.05, 3.63) is 69.7 Å². The quantitative estimate of drug-likeness (QED) is 0.640. The summed E-state index contributed by atoms with van der Waals surface area (Å²) in [7, 11) is 1.55. The van der Waals surface area contributed by atoms with Crippen LogP contribution in [-0.4, -0.2) is 13.0 Å². The van der Waals surface area contributed by atoms with E-state index in [1.165, 1.54) is 0 Å². The molecule has 0 spiro atoms. The van der Waals surface area contributed by atoms with Gasteiger partial charge in [0.25, 0.3) is 5.91 Å². The van der Waals surface area contributed by atoms with Gasteiger partial charge in [-0.1, -0.05) is 35.9 Å². The molecular formula is C18H13BrClNO2. The number of nitrogens with one attached hydrogen (secondary N) is 1. The highest BCUT2D eigenvalue weighted by molar-refractivity contribution is 9.10. The van der Waals surface area contributed by atoms with Crippen molar-refractivity contribution in [2.45, 2.75) is 0 Å². The van der Waals surface area contributed by atoms with Crippen molar-refractivity contribution in [2.75, 3.05) is 12.4 Å². The van der Waals surface area contributed by atoms with E-state index in [9.17, 15) is 4.79 Å². The van der Waals surface area contributed by atoms with Crippen molar-refractivity contribution >= 4 is 49.9 Å². The minimum absolute atomic E-state index is 0.244. The van der Waals surface area contributed by atoms with Crippen LogP contribution < -0.4 is 10.1 Å². The molecule has 0 aromatic heterocycles. The molecule has 0 atom stereocenters. The second-order valence-corrected chi connectivity index (χ2v) is 6.24. The summed E-state index contributed by atoms with van der Waals surface area (Å²) >= 11 is 9.38. The van der Waals surface area contributed by atoms with E-state index in [4.69, 9.17) is 16.3 Å². The molecule has 3 rings (SSSR count). The number of hydrogen-bond donors (Lipinski definition) is 1. The fraction of sp³-hybridized carbons (Fsp3) is 0.0556. The van der Waals surface area contributed by atoms with Crippen molar-refractivity contribution in [1.82, 2.24) is 0 Å². The number of amides is 1. The van der Waals surface area contributed by atoms with E-state index in [1.807, 2.05) is 36.4 Å². The van der Waals surface area contributed by atoms with Crippen LogP contribution in [0.25, 0.3) is 10.8 Å². The number of anilines is 1. The van der Waals surface area contributed by atoms with Gasteiger partial charge in [-0.2, -0.15) is 0 Å². The summed E-state index contributed by atoms with van der Waals surface area (Å²) in [5.74, 6) is 0.287. The Bertz CT molecular complexity index is 895. The first-order valence-corrected chi connectivity index (χ1v) is 8.09. The van der Waals surface area contributed by atoms with Crippen LogP contribution in [0.2, 0.25) is 5.02 Å². The van der Waals surface area contributed by atoms with E-state index >= 15 is 0 Å².